The Morgan fingerprint density at radius 2 is 0.919 bits per heavy atom. The van der Waals surface area contributed by atoms with Gasteiger partial charge in [-0.05, 0) is 0 Å². The van der Waals surface area contributed by atoms with E-state index in [1.165, 1.54) is 66.8 Å². The topological polar surface area (TPSA) is 0 Å². The number of hydrogen-bond donors (Lipinski definition) is 0. The van der Waals surface area contributed by atoms with Gasteiger partial charge in [-0.15, -0.1) is 0 Å². The van der Waals surface area contributed by atoms with Crippen LogP contribution < -0.4 is 24.8 Å². The maximum Gasteiger partial charge on any atom is -1.00 e. The second-order valence-electron chi connectivity index (χ2n) is 20.1. The van der Waals surface area contributed by atoms with Gasteiger partial charge in [-0.3, -0.25) is 0 Å². The van der Waals surface area contributed by atoms with E-state index in [1.807, 2.05) is 0 Å². The molecule has 3 heteroatoms. The third-order valence-corrected chi connectivity index (χ3v) is 21.3. The van der Waals surface area contributed by atoms with Crippen molar-refractivity contribution in [2.75, 3.05) is 0 Å². The van der Waals surface area contributed by atoms with Gasteiger partial charge in [0.2, 0.25) is 0 Å². The van der Waals surface area contributed by atoms with E-state index in [2.05, 4.69) is 221 Å². The molecule has 62 heavy (non-hydrogen) atoms. The average Bonchev–Trinajstić information content (AvgIpc) is 3.87. The molecule has 8 rings (SSSR count). The van der Waals surface area contributed by atoms with Crippen LogP contribution in [0.1, 0.15) is 136 Å². The molecule has 0 unspecified atom stereocenters. The van der Waals surface area contributed by atoms with E-state index >= 15 is 0 Å². The predicted octanol–water partition coefficient (Wildman–Crippen LogP) is 10.1. The Kier molecular flexibility index (Phi) is 15.0. The number of allylic oxidation sites excluding steroid dienone is 4. The van der Waals surface area contributed by atoms with Gasteiger partial charge >= 0.3 is 372 Å². The number of hydrogen-bond acceptors (Lipinski definition) is 0. The molecular weight excluding hydrogens is 871 g/mol. The first-order valence-corrected chi connectivity index (χ1v) is 26.3. The summed E-state index contributed by atoms with van der Waals surface area (Å²) in [5.74, 6) is 0.844. The fourth-order valence-corrected chi connectivity index (χ4v) is 19.2. The van der Waals surface area contributed by atoms with Gasteiger partial charge in [-0.25, -0.2) is 0 Å². The molecule has 0 fully saturated rings. The first kappa shape index (κ1) is 47.6. The van der Waals surface area contributed by atoms with Crippen LogP contribution in [0.15, 0.2) is 155 Å². The quantitative estimate of drug-likeness (QED) is 0.128. The smallest absolute Gasteiger partial charge is 1.00 e. The van der Waals surface area contributed by atoms with Crippen LogP contribution in [0.4, 0.5) is 0 Å². The number of fused-ring (bicyclic) bond motifs is 3. The van der Waals surface area contributed by atoms with Crippen molar-refractivity contribution in [1.82, 2.24) is 0 Å². The normalized spacial score (nSPS) is 13.2. The minimum atomic E-state index is -2.86. The van der Waals surface area contributed by atoms with Crippen LogP contribution in [0.2, 0.25) is 0 Å². The molecule has 0 amide bonds. The van der Waals surface area contributed by atoms with Crippen LogP contribution in [0.3, 0.4) is 0 Å². The molecule has 0 saturated carbocycles. The summed E-state index contributed by atoms with van der Waals surface area (Å²) in [6.45, 7) is 23.9. The van der Waals surface area contributed by atoms with E-state index < -0.39 is 21.3 Å². The summed E-state index contributed by atoms with van der Waals surface area (Å²) >= 11 is -2.86. The molecule has 0 N–H and O–H groups in total. The van der Waals surface area contributed by atoms with Crippen molar-refractivity contribution < 1.29 is 46.1 Å². The van der Waals surface area contributed by atoms with Crippen molar-refractivity contribution >= 4 is 3.21 Å². The molecule has 0 bridgehead atoms. The SMILES string of the molecule is CC(C)c1ccccc1-c1cc2c(cc1C(C)(C)C)-c1cc(C(C)(C)C)c(-c3ccccc3C(C)C)cc1[CH]2[Zr+2]([C]1=CC=CC1)=[C](Cc1ccccc1)Cc1ccccc1.[Cl-].[Cl-]. The molecule has 318 valence electrons. The van der Waals surface area contributed by atoms with Crippen LogP contribution >= 0.6 is 0 Å². The van der Waals surface area contributed by atoms with Gasteiger partial charge in [0.15, 0.2) is 0 Å². The van der Waals surface area contributed by atoms with Crippen LogP contribution in [0.25, 0.3) is 33.4 Å². The molecule has 2 aliphatic carbocycles. The minimum Gasteiger partial charge on any atom is -1.00 e. The zero-order valence-electron chi connectivity index (χ0n) is 38.5. The summed E-state index contributed by atoms with van der Waals surface area (Å²) in [5, 5.41) is 0. The summed E-state index contributed by atoms with van der Waals surface area (Å²) in [4.78, 5) is 0. The molecule has 2 aliphatic rings. The summed E-state index contributed by atoms with van der Waals surface area (Å²) in [6.07, 6.45) is 10.4. The van der Waals surface area contributed by atoms with Gasteiger partial charge < -0.3 is 24.8 Å². The predicted molar refractivity (Wildman–Crippen MR) is 257 cm³/mol. The van der Waals surface area contributed by atoms with E-state index in [0.29, 0.717) is 15.5 Å². The van der Waals surface area contributed by atoms with Gasteiger partial charge in [0.1, 0.15) is 0 Å². The average molecular weight is 935 g/mol. The number of rotatable bonds is 10. The van der Waals surface area contributed by atoms with Gasteiger partial charge in [0.05, 0.1) is 0 Å². The van der Waals surface area contributed by atoms with E-state index in [9.17, 15) is 0 Å². The van der Waals surface area contributed by atoms with E-state index in [0.717, 1.165) is 19.3 Å². The Morgan fingerprint density at radius 3 is 1.29 bits per heavy atom. The van der Waals surface area contributed by atoms with Crippen LogP contribution in [-0.4, -0.2) is 3.21 Å². The Hall–Kier alpha value is -3.87. The Bertz CT molecular complexity index is 2470. The molecule has 0 saturated heterocycles. The third-order valence-electron chi connectivity index (χ3n) is 13.0. The molecule has 0 aromatic heterocycles. The zero-order chi connectivity index (χ0) is 42.3. The first-order valence-electron chi connectivity index (χ1n) is 22.4. The molecular formula is C59H64Cl2Zr. The molecule has 6 aromatic carbocycles. The summed E-state index contributed by atoms with van der Waals surface area (Å²) in [7, 11) is 0. The van der Waals surface area contributed by atoms with Crippen molar-refractivity contribution in [3.05, 3.63) is 199 Å². The molecule has 0 heterocycles. The largest absolute Gasteiger partial charge is 1.00 e. The van der Waals surface area contributed by atoms with Crippen molar-refractivity contribution in [2.24, 2.45) is 0 Å². The van der Waals surface area contributed by atoms with Gasteiger partial charge in [0.25, 0.3) is 0 Å². The maximum absolute atomic E-state index is 2.86. The third kappa shape index (κ3) is 9.63. The number of halogens is 2. The zero-order valence-corrected chi connectivity index (χ0v) is 42.5. The van der Waals surface area contributed by atoms with E-state index in [1.54, 1.807) is 17.6 Å². The first-order chi connectivity index (χ1) is 28.7. The van der Waals surface area contributed by atoms with Crippen LogP contribution in [-0.2, 0) is 44.9 Å². The van der Waals surface area contributed by atoms with Crippen molar-refractivity contribution in [3.63, 3.8) is 0 Å². The van der Waals surface area contributed by atoms with Crippen molar-refractivity contribution in [2.45, 2.75) is 115 Å². The Labute approximate surface area is 394 Å². The van der Waals surface area contributed by atoms with Crippen molar-refractivity contribution in [1.29, 1.82) is 0 Å². The molecule has 0 radical (unpaired) electrons. The van der Waals surface area contributed by atoms with Gasteiger partial charge in [0, 0.05) is 0 Å². The van der Waals surface area contributed by atoms with Crippen LogP contribution in [0.5, 0.6) is 0 Å². The molecule has 0 atom stereocenters. The second-order valence-corrected chi connectivity index (χ2v) is 26.8. The van der Waals surface area contributed by atoms with Crippen LogP contribution in [0, 0.1) is 0 Å². The summed E-state index contributed by atoms with van der Waals surface area (Å²) < 4.78 is 3.83. The molecule has 0 nitrogen and oxygen atoms in total. The Balaban J connectivity index is 0.00000321. The molecule has 0 aliphatic heterocycles. The molecule has 0 spiro atoms. The maximum atomic E-state index is 2.71. The van der Waals surface area contributed by atoms with E-state index in [4.69, 9.17) is 0 Å². The fraction of sp³-hybridized carbons (Fsp3) is 0.305. The standard InChI is InChI=1S/C39H45.C15H14.C5H5.2ClH.Zr/c1-24(2)28-15-11-13-17-30(28)34-20-26-19-27-21-35(31-18-14-12-16-29(31)25(3)4)37(39(8,9)10)23-33(27)32(26)22-36(34)38(5,6)7;1-3-8-14(9-4-1)12-7-13-15-10-5-2-6-11-15;1-2-4-5-3-1;;;/h11-25H,1-10H3;1-6,8-11H,12-13H2;1-3H,4H2;2*1H;/q;;;;;+2/p-2. The van der Waals surface area contributed by atoms with Crippen molar-refractivity contribution in [3.8, 4) is 33.4 Å². The molecule has 6 aromatic rings. The summed E-state index contributed by atoms with van der Waals surface area (Å²) in [6, 6.07) is 51.9. The van der Waals surface area contributed by atoms with Gasteiger partial charge in [-0.2, -0.15) is 0 Å². The Morgan fingerprint density at radius 1 is 0.516 bits per heavy atom. The summed E-state index contributed by atoms with van der Waals surface area (Å²) in [5.41, 5.74) is 20.1. The van der Waals surface area contributed by atoms with Gasteiger partial charge in [-0.1, -0.05) is 0 Å². The minimum absolute atomic E-state index is 0. The monoisotopic (exact) mass is 932 g/mol. The van der Waals surface area contributed by atoms with E-state index in [-0.39, 0.29) is 35.6 Å². The second kappa shape index (κ2) is 19.5. The number of benzene rings is 6. The fourth-order valence-electron chi connectivity index (χ4n) is 10.0.